The average molecular weight is 243 g/mol. The van der Waals surface area contributed by atoms with E-state index in [1.54, 1.807) is 12.1 Å². The van der Waals surface area contributed by atoms with Gasteiger partial charge in [-0.1, -0.05) is 12.1 Å². The fourth-order valence-electron chi connectivity index (χ4n) is 1.85. The Balaban J connectivity index is 1.94. The topological polar surface area (TPSA) is 73.2 Å². The van der Waals surface area contributed by atoms with Crippen LogP contribution in [0.1, 0.15) is 17.5 Å². The van der Waals surface area contributed by atoms with E-state index < -0.39 is 6.04 Å². The number of carbonyl (C=O) groups is 2. The molecule has 1 N–H and O–H groups in total. The number of likely N-dealkylation sites (N-methyl/N-ethyl adjacent to an activating group) is 1. The van der Waals surface area contributed by atoms with Crippen LogP contribution in [0.3, 0.4) is 0 Å². The van der Waals surface area contributed by atoms with Crippen molar-refractivity contribution in [3.63, 3.8) is 0 Å². The normalized spacial score (nSPS) is 19.1. The van der Waals surface area contributed by atoms with Gasteiger partial charge in [0.25, 0.3) is 0 Å². The second-order valence-corrected chi connectivity index (χ2v) is 4.24. The van der Waals surface area contributed by atoms with Gasteiger partial charge in [0.1, 0.15) is 0 Å². The molecule has 2 amide bonds. The van der Waals surface area contributed by atoms with Gasteiger partial charge in [-0.25, -0.2) is 0 Å². The van der Waals surface area contributed by atoms with Crippen molar-refractivity contribution in [3.05, 3.63) is 35.4 Å². The van der Waals surface area contributed by atoms with E-state index in [1.165, 1.54) is 7.05 Å². The lowest BCUT2D eigenvalue weighted by Crippen LogP contribution is -2.36. The van der Waals surface area contributed by atoms with Crippen molar-refractivity contribution in [1.29, 1.82) is 5.26 Å². The molecule has 0 radical (unpaired) electrons. The predicted molar refractivity (Wildman–Crippen MR) is 64.2 cm³/mol. The first-order valence-corrected chi connectivity index (χ1v) is 5.64. The first-order chi connectivity index (χ1) is 8.61. The van der Waals surface area contributed by atoms with E-state index in [9.17, 15) is 9.59 Å². The number of nitrogens with one attached hydrogen (secondary N) is 1. The van der Waals surface area contributed by atoms with Gasteiger partial charge in [0.2, 0.25) is 11.8 Å². The van der Waals surface area contributed by atoms with Crippen LogP contribution in [0.15, 0.2) is 24.3 Å². The lowest BCUT2D eigenvalue weighted by atomic mass is 10.1. The summed E-state index contributed by atoms with van der Waals surface area (Å²) in [7, 11) is 1.49. The summed E-state index contributed by atoms with van der Waals surface area (Å²) in [5, 5.41) is 11.7. The molecule has 1 heterocycles. The van der Waals surface area contributed by atoms with Crippen LogP contribution in [0.5, 0.6) is 0 Å². The smallest absolute Gasteiger partial charge is 0.246 e. The lowest BCUT2D eigenvalue weighted by Gasteiger charge is -2.10. The van der Waals surface area contributed by atoms with E-state index in [0.717, 1.165) is 10.5 Å². The second-order valence-electron chi connectivity index (χ2n) is 4.24. The Bertz CT molecular complexity index is 516. The van der Waals surface area contributed by atoms with Crippen LogP contribution in [-0.2, 0) is 16.1 Å². The fourth-order valence-corrected chi connectivity index (χ4v) is 1.85. The minimum Gasteiger partial charge on any atom is -0.301 e. The van der Waals surface area contributed by atoms with E-state index in [2.05, 4.69) is 5.32 Å². The number of benzene rings is 1. The molecule has 5 heteroatoms. The highest BCUT2D eigenvalue weighted by Crippen LogP contribution is 2.11. The molecule has 1 aromatic carbocycles. The summed E-state index contributed by atoms with van der Waals surface area (Å²) in [6, 6.07) is 8.73. The molecule has 1 unspecified atom stereocenters. The van der Waals surface area contributed by atoms with Crippen molar-refractivity contribution in [2.75, 3.05) is 7.05 Å². The van der Waals surface area contributed by atoms with Crippen molar-refractivity contribution >= 4 is 11.8 Å². The van der Waals surface area contributed by atoms with Crippen LogP contribution in [0, 0.1) is 11.3 Å². The van der Waals surface area contributed by atoms with E-state index in [-0.39, 0.29) is 18.2 Å². The van der Waals surface area contributed by atoms with Crippen LogP contribution in [0.4, 0.5) is 0 Å². The molecule has 0 spiro atoms. The summed E-state index contributed by atoms with van der Waals surface area (Å²) >= 11 is 0. The molecule has 18 heavy (non-hydrogen) atoms. The third-order valence-corrected chi connectivity index (χ3v) is 3.02. The first kappa shape index (κ1) is 12.3. The predicted octanol–water partition coefficient (Wildman–Crippen LogP) is 0.405. The maximum absolute atomic E-state index is 11.6. The third-order valence-electron chi connectivity index (χ3n) is 3.02. The molecule has 0 saturated carbocycles. The Morgan fingerprint density at radius 2 is 2.06 bits per heavy atom. The number of rotatable bonds is 3. The number of hydrogen-bond donors (Lipinski definition) is 1. The van der Waals surface area contributed by atoms with E-state index in [4.69, 9.17) is 5.26 Å². The summed E-state index contributed by atoms with van der Waals surface area (Å²) < 4.78 is 0. The molecule has 0 aliphatic carbocycles. The number of nitrogens with zero attached hydrogens (tertiary/aromatic N) is 2. The minimum atomic E-state index is -0.432. The highest BCUT2D eigenvalue weighted by Gasteiger charge is 2.35. The quantitative estimate of drug-likeness (QED) is 0.780. The Morgan fingerprint density at radius 1 is 1.39 bits per heavy atom. The molecular weight excluding hydrogens is 230 g/mol. The molecule has 0 bridgehead atoms. The van der Waals surface area contributed by atoms with Gasteiger partial charge in [0.05, 0.1) is 24.1 Å². The fraction of sp³-hybridized carbons (Fsp3) is 0.308. The molecule has 1 aromatic rings. The van der Waals surface area contributed by atoms with E-state index >= 15 is 0 Å². The van der Waals surface area contributed by atoms with Gasteiger partial charge in [-0.2, -0.15) is 5.26 Å². The van der Waals surface area contributed by atoms with Gasteiger partial charge in [0, 0.05) is 13.6 Å². The van der Waals surface area contributed by atoms with Gasteiger partial charge in [-0.05, 0) is 17.7 Å². The number of hydrogen-bond acceptors (Lipinski definition) is 4. The van der Waals surface area contributed by atoms with Crippen molar-refractivity contribution < 1.29 is 9.59 Å². The average Bonchev–Trinajstić information content (AvgIpc) is 2.64. The van der Waals surface area contributed by atoms with Crippen molar-refractivity contribution in [3.8, 4) is 6.07 Å². The Kier molecular flexibility index (Phi) is 3.40. The molecule has 1 fully saturated rings. The number of imide groups is 1. The summed E-state index contributed by atoms with van der Waals surface area (Å²) in [4.78, 5) is 24.1. The Labute approximate surface area is 105 Å². The summed E-state index contributed by atoms with van der Waals surface area (Å²) in [6.45, 7) is 0.503. The Morgan fingerprint density at radius 3 is 2.56 bits per heavy atom. The molecule has 2 rings (SSSR count). The van der Waals surface area contributed by atoms with Crippen LogP contribution >= 0.6 is 0 Å². The monoisotopic (exact) mass is 243 g/mol. The Hall–Kier alpha value is -2.19. The molecule has 92 valence electrons. The van der Waals surface area contributed by atoms with Gasteiger partial charge in [0.15, 0.2) is 0 Å². The van der Waals surface area contributed by atoms with E-state index in [0.29, 0.717) is 12.1 Å². The first-order valence-electron chi connectivity index (χ1n) is 5.64. The number of carbonyl (C=O) groups excluding carboxylic acids is 2. The minimum absolute atomic E-state index is 0.155. The van der Waals surface area contributed by atoms with Crippen LogP contribution < -0.4 is 5.32 Å². The molecular formula is C13H13N3O2. The SMILES string of the molecule is CN1C(=O)CC(NCc2ccc(C#N)cc2)C1=O. The second kappa shape index (κ2) is 4.98. The molecule has 1 aliphatic heterocycles. The molecule has 1 atom stereocenters. The number of likely N-dealkylation sites (tertiary alicyclic amines) is 1. The maximum Gasteiger partial charge on any atom is 0.246 e. The third kappa shape index (κ3) is 2.39. The van der Waals surface area contributed by atoms with Crippen LogP contribution in [-0.4, -0.2) is 29.8 Å². The number of nitriles is 1. The standard InChI is InChI=1S/C13H13N3O2/c1-16-12(17)6-11(13(16)18)15-8-10-4-2-9(7-14)3-5-10/h2-5,11,15H,6,8H2,1H3. The molecule has 0 aromatic heterocycles. The summed E-state index contributed by atoms with van der Waals surface area (Å²) in [6.07, 6.45) is 0.214. The van der Waals surface area contributed by atoms with Crippen molar-refractivity contribution in [2.24, 2.45) is 0 Å². The van der Waals surface area contributed by atoms with Gasteiger partial charge >= 0.3 is 0 Å². The summed E-state index contributed by atoms with van der Waals surface area (Å²) in [5.74, 6) is -0.342. The van der Waals surface area contributed by atoms with Crippen molar-refractivity contribution in [1.82, 2.24) is 10.2 Å². The molecule has 5 nitrogen and oxygen atoms in total. The zero-order chi connectivity index (χ0) is 13.1. The van der Waals surface area contributed by atoms with E-state index in [1.807, 2.05) is 18.2 Å². The van der Waals surface area contributed by atoms with Crippen molar-refractivity contribution in [2.45, 2.75) is 19.0 Å². The van der Waals surface area contributed by atoms with Gasteiger partial charge < -0.3 is 5.32 Å². The van der Waals surface area contributed by atoms with Gasteiger partial charge in [-0.3, -0.25) is 14.5 Å². The van der Waals surface area contributed by atoms with Crippen LogP contribution in [0.2, 0.25) is 0 Å². The zero-order valence-corrected chi connectivity index (χ0v) is 10.0. The van der Waals surface area contributed by atoms with Crippen LogP contribution in [0.25, 0.3) is 0 Å². The highest BCUT2D eigenvalue weighted by atomic mass is 16.2. The molecule has 1 saturated heterocycles. The summed E-state index contributed by atoms with van der Waals surface area (Å²) in [5.41, 5.74) is 1.58. The maximum atomic E-state index is 11.6. The highest BCUT2D eigenvalue weighted by molar-refractivity contribution is 6.05. The lowest BCUT2D eigenvalue weighted by molar-refractivity contribution is -0.137. The largest absolute Gasteiger partial charge is 0.301 e. The molecule has 1 aliphatic rings. The zero-order valence-electron chi connectivity index (χ0n) is 10.0. The van der Waals surface area contributed by atoms with Gasteiger partial charge in [-0.15, -0.1) is 0 Å². The number of amides is 2.